The fourth-order valence-electron chi connectivity index (χ4n) is 0.859. The zero-order valence-electron chi connectivity index (χ0n) is 6.33. The van der Waals surface area contributed by atoms with Gasteiger partial charge in [-0.15, -0.1) is 0 Å². The van der Waals surface area contributed by atoms with Crippen molar-refractivity contribution in [1.82, 2.24) is 0 Å². The third-order valence-electron chi connectivity index (χ3n) is 1.56. The number of aromatic hydroxyl groups is 1. The van der Waals surface area contributed by atoms with Gasteiger partial charge in [0.25, 0.3) is 0 Å². The third-order valence-corrected chi connectivity index (χ3v) is 1.56. The van der Waals surface area contributed by atoms with Crippen LogP contribution in [0, 0.1) is 0 Å². The Kier molecular flexibility index (Phi) is 4.33. The zero-order valence-corrected chi connectivity index (χ0v) is 6.33. The molecule has 0 aliphatic carbocycles. The van der Waals surface area contributed by atoms with Gasteiger partial charge in [0.05, 0.1) is 0 Å². The van der Waals surface area contributed by atoms with Gasteiger partial charge in [-0.05, 0) is 23.6 Å². The van der Waals surface area contributed by atoms with E-state index in [0.717, 1.165) is 0 Å². The standard InChI is InChI=1S/C9H12O.Li.H/c1-7(2)8-3-5-9(10)6-4-8;;/h3-7,10H,1-2H3;;. The van der Waals surface area contributed by atoms with Gasteiger partial charge >= 0.3 is 18.9 Å². The molecule has 1 rings (SSSR count). The van der Waals surface area contributed by atoms with Gasteiger partial charge in [-0.3, -0.25) is 0 Å². The van der Waals surface area contributed by atoms with E-state index in [1.807, 2.05) is 12.1 Å². The first kappa shape index (κ1) is 10.6. The Morgan fingerprint density at radius 1 is 1.09 bits per heavy atom. The first-order valence-corrected chi connectivity index (χ1v) is 3.49. The Morgan fingerprint density at radius 3 is 1.91 bits per heavy atom. The van der Waals surface area contributed by atoms with Gasteiger partial charge < -0.3 is 5.11 Å². The maximum atomic E-state index is 8.94. The molecule has 0 atom stereocenters. The second-order valence-electron chi connectivity index (χ2n) is 2.75. The summed E-state index contributed by atoms with van der Waals surface area (Å²) >= 11 is 0. The van der Waals surface area contributed by atoms with Gasteiger partial charge in [0.2, 0.25) is 0 Å². The molecule has 0 radical (unpaired) electrons. The summed E-state index contributed by atoms with van der Waals surface area (Å²) in [5.74, 6) is 0.880. The molecule has 0 unspecified atom stereocenters. The summed E-state index contributed by atoms with van der Waals surface area (Å²) in [5.41, 5.74) is 1.26. The Bertz CT molecular complexity index is 203. The van der Waals surface area contributed by atoms with Crippen LogP contribution in [-0.2, 0) is 0 Å². The molecule has 0 amide bonds. The van der Waals surface area contributed by atoms with Crippen LogP contribution in [0.25, 0.3) is 0 Å². The predicted molar refractivity (Wildman–Crippen MR) is 49.3 cm³/mol. The van der Waals surface area contributed by atoms with E-state index in [1.54, 1.807) is 12.1 Å². The van der Waals surface area contributed by atoms with Gasteiger partial charge in [-0.25, -0.2) is 0 Å². The van der Waals surface area contributed by atoms with Crippen LogP contribution in [0.3, 0.4) is 0 Å². The molecule has 0 heterocycles. The zero-order chi connectivity index (χ0) is 7.56. The molecule has 1 N–H and O–H groups in total. The van der Waals surface area contributed by atoms with Crippen LogP contribution in [-0.4, -0.2) is 24.0 Å². The fourth-order valence-corrected chi connectivity index (χ4v) is 0.859. The van der Waals surface area contributed by atoms with Crippen molar-refractivity contribution in [3.63, 3.8) is 0 Å². The number of hydrogen-bond donors (Lipinski definition) is 1. The first-order valence-electron chi connectivity index (χ1n) is 3.49. The van der Waals surface area contributed by atoms with Crippen LogP contribution >= 0.6 is 0 Å². The number of rotatable bonds is 1. The Hall–Kier alpha value is -0.383. The van der Waals surface area contributed by atoms with Crippen LogP contribution in [0.15, 0.2) is 24.3 Å². The minimum absolute atomic E-state index is 0. The van der Waals surface area contributed by atoms with Crippen molar-refractivity contribution in [2.75, 3.05) is 0 Å². The van der Waals surface area contributed by atoms with Crippen molar-refractivity contribution in [2.24, 2.45) is 0 Å². The van der Waals surface area contributed by atoms with E-state index in [2.05, 4.69) is 13.8 Å². The van der Waals surface area contributed by atoms with Gasteiger partial charge in [-0.1, -0.05) is 26.0 Å². The third kappa shape index (κ3) is 3.01. The number of phenolic OH excluding ortho intramolecular Hbond substituents is 1. The van der Waals surface area contributed by atoms with E-state index >= 15 is 0 Å². The molecule has 1 nitrogen and oxygen atoms in total. The molecular weight excluding hydrogens is 131 g/mol. The Balaban J connectivity index is 0.000001000. The summed E-state index contributed by atoms with van der Waals surface area (Å²) in [6, 6.07) is 7.32. The minimum atomic E-state index is 0. The molecule has 1 aromatic rings. The van der Waals surface area contributed by atoms with Crippen molar-refractivity contribution < 1.29 is 5.11 Å². The average Bonchev–Trinajstić information content (AvgIpc) is 1.88. The normalized spacial score (nSPS) is 9.36. The number of benzene rings is 1. The van der Waals surface area contributed by atoms with Crippen LogP contribution in [0.1, 0.15) is 25.3 Å². The second-order valence-corrected chi connectivity index (χ2v) is 2.75. The van der Waals surface area contributed by atoms with Crippen molar-refractivity contribution in [1.29, 1.82) is 0 Å². The quantitative estimate of drug-likeness (QED) is 0.596. The molecule has 0 aliphatic rings. The summed E-state index contributed by atoms with van der Waals surface area (Å²) in [7, 11) is 0. The molecule has 1 aromatic carbocycles. The SMILES string of the molecule is CC(C)c1ccc(O)cc1.[LiH]. The molecule has 0 spiro atoms. The molecule has 0 saturated carbocycles. The Labute approximate surface area is 79.6 Å². The van der Waals surface area contributed by atoms with E-state index in [0.29, 0.717) is 11.7 Å². The fraction of sp³-hybridized carbons (Fsp3) is 0.333. The van der Waals surface area contributed by atoms with Gasteiger partial charge in [-0.2, -0.15) is 0 Å². The molecule has 0 bridgehead atoms. The van der Waals surface area contributed by atoms with E-state index in [-0.39, 0.29) is 18.9 Å². The van der Waals surface area contributed by atoms with Crippen LogP contribution in [0.5, 0.6) is 5.75 Å². The maximum absolute atomic E-state index is 8.94. The van der Waals surface area contributed by atoms with Gasteiger partial charge in [0.15, 0.2) is 0 Å². The van der Waals surface area contributed by atoms with Crippen molar-refractivity contribution in [3.05, 3.63) is 29.8 Å². The number of hydrogen-bond acceptors (Lipinski definition) is 1. The van der Waals surface area contributed by atoms with Crippen LogP contribution < -0.4 is 0 Å². The predicted octanol–water partition coefficient (Wildman–Crippen LogP) is 1.87. The molecule has 0 saturated heterocycles. The summed E-state index contributed by atoms with van der Waals surface area (Å²) < 4.78 is 0. The molecule has 0 fully saturated rings. The van der Waals surface area contributed by atoms with Crippen molar-refractivity contribution in [3.8, 4) is 5.75 Å². The van der Waals surface area contributed by atoms with Crippen LogP contribution in [0.2, 0.25) is 0 Å². The summed E-state index contributed by atoms with van der Waals surface area (Å²) in [6.07, 6.45) is 0. The molecule has 0 aliphatic heterocycles. The molecular formula is C9H13LiO. The first-order chi connectivity index (χ1) is 4.70. The number of phenols is 1. The van der Waals surface area contributed by atoms with Crippen molar-refractivity contribution in [2.45, 2.75) is 19.8 Å². The van der Waals surface area contributed by atoms with E-state index in [4.69, 9.17) is 5.11 Å². The molecule has 56 valence electrons. The second kappa shape index (κ2) is 4.49. The molecule has 2 heteroatoms. The topological polar surface area (TPSA) is 20.2 Å². The summed E-state index contributed by atoms with van der Waals surface area (Å²) in [6.45, 7) is 4.26. The average molecular weight is 144 g/mol. The monoisotopic (exact) mass is 144 g/mol. The van der Waals surface area contributed by atoms with Gasteiger partial charge in [0, 0.05) is 0 Å². The van der Waals surface area contributed by atoms with E-state index in [1.165, 1.54) is 5.56 Å². The summed E-state index contributed by atoms with van der Waals surface area (Å²) in [4.78, 5) is 0. The van der Waals surface area contributed by atoms with Gasteiger partial charge in [0.1, 0.15) is 5.75 Å². The van der Waals surface area contributed by atoms with E-state index < -0.39 is 0 Å². The van der Waals surface area contributed by atoms with E-state index in [9.17, 15) is 0 Å². The Morgan fingerprint density at radius 2 is 1.55 bits per heavy atom. The molecule has 11 heavy (non-hydrogen) atoms. The van der Waals surface area contributed by atoms with Crippen molar-refractivity contribution >= 4 is 18.9 Å². The molecule has 0 aromatic heterocycles. The summed E-state index contributed by atoms with van der Waals surface area (Å²) in [5, 5.41) is 8.94. The van der Waals surface area contributed by atoms with Crippen LogP contribution in [0.4, 0.5) is 0 Å².